The van der Waals surface area contributed by atoms with E-state index >= 15 is 0 Å². The van der Waals surface area contributed by atoms with E-state index in [1.54, 1.807) is 17.7 Å². The lowest BCUT2D eigenvalue weighted by molar-refractivity contribution is 0.416. The lowest BCUT2D eigenvalue weighted by Gasteiger charge is -2.11. The Balaban J connectivity index is 2.16. The lowest BCUT2D eigenvalue weighted by Crippen LogP contribution is -2.16. The molecule has 104 valence electrons. The van der Waals surface area contributed by atoms with Gasteiger partial charge in [-0.25, -0.2) is 0 Å². The fourth-order valence-electron chi connectivity index (χ4n) is 2.32. The molecule has 0 unspecified atom stereocenters. The second kappa shape index (κ2) is 5.67. The van der Waals surface area contributed by atoms with Crippen LogP contribution >= 0.6 is 0 Å². The minimum absolute atomic E-state index is 0.0557. The Kier molecular flexibility index (Phi) is 3.56. The normalized spacial score (nSPS) is 10.3. The van der Waals surface area contributed by atoms with Gasteiger partial charge in [-0.3, -0.25) is 9.36 Å². The molecule has 0 aliphatic rings. The quantitative estimate of drug-likeness (QED) is 0.733. The van der Waals surface area contributed by atoms with E-state index in [9.17, 15) is 4.79 Å². The topological polar surface area (TPSA) is 31.2 Å². The standard InChI is InChI=1S/C18H15NO2/c1-21-17-10-6-5-9-16(17)14-11-12-18(20)19(13-14)15-7-3-2-4-8-15/h2-13H,1H3. The van der Waals surface area contributed by atoms with Crippen LogP contribution in [-0.2, 0) is 0 Å². The monoisotopic (exact) mass is 277 g/mol. The molecule has 0 aliphatic heterocycles. The van der Waals surface area contributed by atoms with Gasteiger partial charge >= 0.3 is 0 Å². The van der Waals surface area contributed by atoms with Gasteiger partial charge in [0.1, 0.15) is 5.75 Å². The van der Waals surface area contributed by atoms with Crippen LogP contribution in [0.5, 0.6) is 5.75 Å². The van der Waals surface area contributed by atoms with E-state index in [0.717, 1.165) is 22.6 Å². The number of hydrogen-bond acceptors (Lipinski definition) is 2. The highest BCUT2D eigenvalue weighted by Crippen LogP contribution is 2.28. The molecule has 0 amide bonds. The maximum absolute atomic E-state index is 12.1. The zero-order chi connectivity index (χ0) is 14.7. The fraction of sp³-hybridized carbons (Fsp3) is 0.0556. The summed E-state index contributed by atoms with van der Waals surface area (Å²) in [6, 6.07) is 20.7. The predicted octanol–water partition coefficient (Wildman–Crippen LogP) is 3.51. The number of aromatic nitrogens is 1. The molecule has 0 atom stereocenters. The van der Waals surface area contributed by atoms with Gasteiger partial charge in [-0.1, -0.05) is 36.4 Å². The van der Waals surface area contributed by atoms with Gasteiger partial charge in [-0.2, -0.15) is 0 Å². The average Bonchev–Trinajstić information content (AvgIpc) is 2.56. The Bertz CT molecular complexity index is 807. The molecule has 0 saturated carbocycles. The molecule has 1 aromatic heterocycles. The maximum atomic E-state index is 12.1. The van der Waals surface area contributed by atoms with Crippen LogP contribution in [0.15, 0.2) is 77.7 Å². The van der Waals surface area contributed by atoms with Crippen molar-refractivity contribution in [1.82, 2.24) is 4.57 Å². The molecule has 0 fully saturated rings. The molecule has 0 bridgehead atoms. The Labute approximate surface area is 123 Å². The van der Waals surface area contributed by atoms with Gasteiger partial charge in [-0.15, -0.1) is 0 Å². The third-order valence-corrected chi connectivity index (χ3v) is 3.36. The van der Waals surface area contributed by atoms with Crippen LogP contribution in [0.25, 0.3) is 16.8 Å². The van der Waals surface area contributed by atoms with Crippen molar-refractivity contribution in [3.63, 3.8) is 0 Å². The fourth-order valence-corrected chi connectivity index (χ4v) is 2.32. The van der Waals surface area contributed by atoms with Crippen molar-refractivity contribution in [2.24, 2.45) is 0 Å². The molecule has 0 radical (unpaired) electrons. The van der Waals surface area contributed by atoms with Crippen LogP contribution in [0.4, 0.5) is 0 Å². The molecule has 3 nitrogen and oxygen atoms in total. The average molecular weight is 277 g/mol. The Morgan fingerprint density at radius 3 is 2.33 bits per heavy atom. The van der Waals surface area contributed by atoms with Crippen molar-refractivity contribution >= 4 is 0 Å². The second-order valence-electron chi connectivity index (χ2n) is 4.66. The Hall–Kier alpha value is -2.81. The third kappa shape index (κ3) is 2.58. The highest BCUT2D eigenvalue weighted by Gasteiger charge is 2.07. The Morgan fingerprint density at radius 1 is 0.857 bits per heavy atom. The first kappa shape index (κ1) is 13.2. The van der Waals surface area contributed by atoms with E-state index in [0.29, 0.717) is 0 Å². The summed E-state index contributed by atoms with van der Waals surface area (Å²) in [5, 5.41) is 0. The third-order valence-electron chi connectivity index (χ3n) is 3.36. The second-order valence-corrected chi connectivity index (χ2v) is 4.66. The van der Waals surface area contributed by atoms with Crippen molar-refractivity contribution in [2.45, 2.75) is 0 Å². The molecule has 21 heavy (non-hydrogen) atoms. The van der Waals surface area contributed by atoms with Crippen LogP contribution in [0.3, 0.4) is 0 Å². The first-order valence-corrected chi connectivity index (χ1v) is 6.71. The summed E-state index contributed by atoms with van der Waals surface area (Å²) in [7, 11) is 1.64. The molecule has 0 N–H and O–H groups in total. The summed E-state index contributed by atoms with van der Waals surface area (Å²) < 4.78 is 7.03. The van der Waals surface area contributed by atoms with Gasteiger partial charge < -0.3 is 4.74 Å². The zero-order valence-electron chi connectivity index (χ0n) is 11.7. The number of pyridine rings is 1. The number of hydrogen-bond donors (Lipinski definition) is 0. The number of rotatable bonds is 3. The van der Waals surface area contributed by atoms with Gasteiger partial charge in [0.2, 0.25) is 0 Å². The molecular formula is C18H15NO2. The first-order chi connectivity index (χ1) is 10.3. The minimum atomic E-state index is -0.0557. The molecule has 3 aromatic rings. The van der Waals surface area contributed by atoms with E-state index < -0.39 is 0 Å². The molecule has 1 heterocycles. The van der Waals surface area contributed by atoms with E-state index in [1.807, 2.05) is 66.9 Å². The molecule has 0 spiro atoms. The number of para-hydroxylation sites is 2. The summed E-state index contributed by atoms with van der Waals surface area (Å²) in [6.45, 7) is 0. The van der Waals surface area contributed by atoms with Crippen LogP contribution in [0.2, 0.25) is 0 Å². The summed E-state index contributed by atoms with van der Waals surface area (Å²) in [4.78, 5) is 12.1. The van der Waals surface area contributed by atoms with Crippen molar-refractivity contribution in [2.75, 3.05) is 7.11 Å². The number of methoxy groups -OCH3 is 1. The summed E-state index contributed by atoms with van der Waals surface area (Å²) in [6.07, 6.45) is 1.84. The smallest absolute Gasteiger partial charge is 0.255 e. The van der Waals surface area contributed by atoms with Gasteiger partial charge in [0.05, 0.1) is 7.11 Å². The van der Waals surface area contributed by atoms with Crippen molar-refractivity contribution in [3.05, 3.63) is 83.3 Å². The number of ether oxygens (including phenoxy) is 1. The first-order valence-electron chi connectivity index (χ1n) is 6.71. The minimum Gasteiger partial charge on any atom is -0.496 e. The molecule has 3 rings (SSSR count). The van der Waals surface area contributed by atoms with Crippen molar-refractivity contribution < 1.29 is 4.74 Å². The summed E-state index contributed by atoms with van der Waals surface area (Å²) in [5.41, 5.74) is 2.69. The van der Waals surface area contributed by atoms with Gasteiger partial charge in [0, 0.05) is 29.1 Å². The molecule has 0 aliphatic carbocycles. The van der Waals surface area contributed by atoms with E-state index in [1.165, 1.54) is 0 Å². The molecule has 0 saturated heterocycles. The van der Waals surface area contributed by atoms with Gasteiger partial charge in [0.15, 0.2) is 0 Å². The van der Waals surface area contributed by atoms with Crippen LogP contribution < -0.4 is 10.3 Å². The zero-order valence-corrected chi connectivity index (χ0v) is 11.7. The number of benzene rings is 2. The number of nitrogens with zero attached hydrogens (tertiary/aromatic N) is 1. The van der Waals surface area contributed by atoms with Crippen molar-refractivity contribution in [1.29, 1.82) is 0 Å². The molecular weight excluding hydrogens is 262 g/mol. The molecule has 2 aromatic carbocycles. The lowest BCUT2D eigenvalue weighted by atomic mass is 10.1. The summed E-state index contributed by atoms with van der Waals surface area (Å²) in [5.74, 6) is 0.788. The SMILES string of the molecule is COc1ccccc1-c1ccc(=O)n(-c2ccccc2)c1. The van der Waals surface area contributed by atoms with E-state index in [2.05, 4.69) is 0 Å². The van der Waals surface area contributed by atoms with Crippen LogP contribution in [-0.4, -0.2) is 11.7 Å². The predicted molar refractivity (Wildman–Crippen MR) is 84.0 cm³/mol. The maximum Gasteiger partial charge on any atom is 0.255 e. The van der Waals surface area contributed by atoms with Gasteiger partial charge in [-0.05, 0) is 24.3 Å². The highest BCUT2D eigenvalue weighted by atomic mass is 16.5. The highest BCUT2D eigenvalue weighted by molar-refractivity contribution is 5.69. The van der Waals surface area contributed by atoms with Crippen molar-refractivity contribution in [3.8, 4) is 22.6 Å². The summed E-state index contributed by atoms with van der Waals surface area (Å²) >= 11 is 0. The van der Waals surface area contributed by atoms with Gasteiger partial charge in [0.25, 0.3) is 5.56 Å². The van der Waals surface area contributed by atoms with E-state index in [-0.39, 0.29) is 5.56 Å². The Morgan fingerprint density at radius 2 is 1.57 bits per heavy atom. The molecule has 3 heteroatoms. The van der Waals surface area contributed by atoms with Crippen LogP contribution in [0.1, 0.15) is 0 Å². The van der Waals surface area contributed by atoms with Crippen LogP contribution in [0, 0.1) is 0 Å². The largest absolute Gasteiger partial charge is 0.496 e. The van der Waals surface area contributed by atoms with E-state index in [4.69, 9.17) is 4.74 Å².